The summed E-state index contributed by atoms with van der Waals surface area (Å²) in [6.45, 7) is 10.5. The van der Waals surface area contributed by atoms with E-state index >= 15 is 0 Å². The van der Waals surface area contributed by atoms with E-state index in [4.69, 9.17) is 43.5 Å². The third-order valence-electron chi connectivity index (χ3n) is 7.08. The topological polar surface area (TPSA) is 147 Å². The number of aliphatic hydroxyl groups excluding tert-OH is 1. The van der Waals surface area contributed by atoms with Gasteiger partial charge in [-0.2, -0.15) is 4.98 Å². The summed E-state index contributed by atoms with van der Waals surface area (Å²) in [5, 5.41) is 12.0. The summed E-state index contributed by atoms with van der Waals surface area (Å²) in [5.41, 5.74) is 1.78. The number of hydrogen-bond donors (Lipinski definition) is 2. The van der Waals surface area contributed by atoms with Crippen LogP contribution >= 0.6 is 0 Å². The molecule has 0 aromatic carbocycles. The lowest BCUT2D eigenvalue weighted by Crippen LogP contribution is -2.37. The number of imidazole rings is 1. The molecule has 14 nitrogen and oxygen atoms in total. The standard InChI is InChI=1S/C30H47N7O7/c1-23(2)37-26-20-28(34-27-4-7-31-30(35-27)36-8-5-24(39-3)6-9-36)32-21-25(26)33-29(37)22-44-19-18-43-17-16-42-15-14-41-13-12-40-11-10-38/h4,7,20-21,23-24,38H,5-6,8-19,22H2,1-3H3,(H,31,32,34,35). The Bertz CT molecular complexity index is 1240. The van der Waals surface area contributed by atoms with Crippen LogP contribution in [0.4, 0.5) is 17.6 Å². The van der Waals surface area contributed by atoms with Gasteiger partial charge in [0.2, 0.25) is 5.95 Å². The van der Waals surface area contributed by atoms with Gasteiger partial charge in [0.1, 0.15) is 29.6 Å². The van der Waals surface area contributed by atoms with Gasteiger partial charge in [0.05, 0.1) is 83.9 Å². The van der Waals surface area contributed by atoms with Gasteiger partial charge < -0.3 is 48.3 Å². The number of aromatic nitrogens is 5. The van der Waals surface area contributed by atoms with E-state index in [2.05, 4.69) is 38.6 Å². The van der Waals surface area contributed by atoms with E-state index in [1.54, 1.807) is 19.5 Å². The molecule has 244 valence electrons. The van der Waals surface area contributed by atoms with Crippen LogP contribution < -0.4 is 10.2 Å². The smallest absolute Gasteiger partial charge is 0.227 e. The average Bonchev–Trinajstić information content (AvgIpc) is 3.41. The van der Waals surface area contributed by atoms with Gasteiger partial charge in [0.25, 0.3) is 0 Å². The number of methoxy groups -OCH3 is 1. The normalized spacial score (nSPS) is 14.2. The Morgan fingerprint density at radius 3 is 2.11 bits per heavy atom. The van der Waals surface area contributed by atoms with Gasteiger partial charge in [-0.1, -0.05) is 0 Å². The van der Waals surface area contributed by atoms with Crippen molar-refractivity contribution in [1.82, 2.24) is 24.5 Å². The van der Waals surface area contributed by atoms with Gasteiger partial charge in [0.15, 0.2) is 0 Å². The lowest BCUT2D eigenvalue weighted by molar-refractivity contribution is -0.0150. The summed E-state index contributed by atoms with van der Waals surface area (Å²) in [7, 11) is 1.77. The lowest BCUT2D eigenvalue weighted by atomic mass is 10.1. The average molecular weight is 618 g/mol. The zero-order chi connectivity index (χ0) is 31.0. The first-order valence-corrected chi connectivity index (χ1v) is 15.3. The quantitative estimate of drug-likeness (QED) is 0.169. The van der Waals surface area contributed by atoms with E-state index < -0.39 is 0 Å². The zero-order valence-electron chi connectivity index (χ0n) is 26.2. The summed E-state index contributed by atoms with van der Waals surface area (Å²) in [5.74, 6) is 2.91. The van der Waals surface area contributed by atoms with E-state index in [1.165, 1.54) is 0 Å². The predicted molar refractivity (Wildman–Crippen MR) is 165 cm³/mol. The third-order valence-corrected chi connectivity index (χ3v) is 7.08. The van der Waals surface area contributed by atoms with Crippen molar-refractivity contribution in [2.45, 2.75) is 45.4 Å². The number of anilines is 3. The second-order valence-electron chi connectivity index (χ2n) is 10.6. The molecule has 1 aliphatic heterocycles. The molecule has 1 saturated heterocycles. The van der Waals surface area contributed by atoms with Crippen molar-refractivity contribution < 1.29 is 33.5 Å². The molecule has 4 heterocycles. The van der Waals surface area contributed by atoms with Crippen LogP contribution in [0.2, 0.25) is 0 Å². The number of ether oxygens (including phenoxy) is 6. The summed E-state index contributed by atoms with van der Waals surface area (Å²) >= 11 is 0. The van der Waals surface area contributed by atoms with E-state index in [9.17, 15) is 0 Å². The van der Waals surface area contributed by atoms with E-state index in [1.807, 2.05) is 12.1 Å². The van der Waals surface area contributed by atoms with Crippen LogP contribution in [-0.2, 0) is 35.0 Å². The molecule has 0 unspecified atom stereocenters. The van der Waals surface area contributed by atoms with Crippen LogP contribution in [0.5, 0.6) is 0 Å². The summed E-state index contributed by atoms with van der Waals surface area (Å²) in [6, 6.07) is 4.02. The molecule has 0 aliphatic carbocycles. The maximum Gasteiger partial charge on any atom is 0.227 e. The van der Waals surface area contributed by atoms with Gasteiger partial charge in [0, 0.05) is 38.5 Å². The molecule has 0 radical (unpaired) electrons. The Balaban J connectivity index is 1.20. The number of nitrogens with one attached hydrogen (secondary N) is 1. The molecule has 4 rings (SSSR count). The minimum atomic E-state index is 0.0213. The number of pyridine rings is 1. The SMILES string of the molecule is COC1CCN(c2nccc(Nc3cc4c(cn3)nc(COCCOCCOCCOCCOCCO)n4C(C)C)n2)CC1. The molecule has 1 aliphatic rings. The minimum Gasteiger partial charge on any atom is -0.394 e. The van der Waals surface area contributed by atoms with E-state index in [-0.39, 0.29) is 12.6 Å². The molecule has 2 N–H and O–H groups in total. The maximum absolute atomic E-state index is 8.64. The number of rotatable bonds is 21. The fraction of sp³-hybridized carbons (Fsp3) is 0.667. The molecule has 0 atom stereocenters. The van der Waals surface area contributed by atoms with Crippen molar-refractivity contribution in [3.8, 4) is 0 Å². The van der Waals surface area contributed by atoms with Crippen molar-refractivity contribution in [3.05, 3.63) is 30.4 Å². The first-order valence-electron chi connectivity index (χ1n) is 15.3. The maximum atomic E-state index is 8.64. The Morgan fingerprint density at radius 2 is 1.50 bits per heavy atom. The van der Waals surface area contributed by atoms with Crippen molar-refractivity contribution in [3.63, 3.8) is 0 Å². The summed E-state index contributed by atoms with van der Waals surface area (Å²) < 4.78 is 35.1. The summed E-state index contributed by atoms with van der Waals surface area (Å²) in [4.78, 5) is 20.8. The fourth-order valence-corrected chi connectivity index (χ4v) is 4.90. The molecule has 0 amide bonds. The van der Waals surface area contributed by atoms with Gasteiger partial charge in [-0.05, 0) is 32.8 Å². The minimum absolute atomic E-state index is 0.0213. The van der Waals surface area contributed by atoms with Crippen LogP contribution in [0, 0.1) is 0 Å². The van der Waals surface area contributed by atoms with Gasteiger partial charge in [-0.3, -0.25) is 0 Å². The number of piperidine rings is 1. The largest absolute Gasteiger partial charge is 0.394 e. The monoisotopic (exact) mass is 617 g/mol. The van der Waals surface area contributed by atoms with Crippen molar-refractivity contribution in [2.24, 2.45) is 0 Å². The Morgan fingerprint density at radius 1 is 0.864 bits per heavy atom. The predicted octanol–water partition coefficient (Wildman–Crippen LogP) is 2.74. The van der Waals surface area contributed by atoms with E-state index in [0.717, 1.165) is 42.8 Å². The molecule has 0 bridgehead atoms. The van der Waals surface area contributed by atoms with Crippen molar-refractivity contribution >= 4 is 28.6 Å². The number of fused-ring (bicyclic) bond motifs is 1. The third kappa shape index (κ3) is 10.6. The Kier molecular flexibility index (Phi) is 14.4. The summed E-state index contributed by atoms with van der Waals surface area (Å²) in [6.07, 6.45) is 5.77. The second-order valence-corrected chi connectivity index (χ2v) is 10.6. The number of aliphatic hydroxyl groups is 1. The molecule has 0 spiro atoms. The van der Waals surface area contributed by atoms with Gasteiger partial charge in [-0.25, -0.2) is 15.0 Å². The Hall–Kier alpha value is -2.98. The van der Waals surface area contributed by atoms with Crippen LogP contribution in [0.1, 0.15) is 38.6 Å². The van der Waals surface area contributed by atoms with Crippen LogP contribution in [0.25, 0.3) is 11.0 Å². The highest BCUT2D eigenvalue weighted by Crippen LogP contribution is 2.25. The van der Waals surface area contributed by atoms with Gasteiger partial charge in [-0.15, -0.1) is 0 Å². The highest BCUT2D eigenvalue weighted by Gasteiger charge is 2.21. The second kappa shape index (κ2) is 18.7. The van der Waals surface area contributed by atoms with Crippen LogP contribution in [0.3, 0.4) is 0 Å². The van der Waals surface area contributed by atoms with Crippen molar-refractivity contribution in [2.75, 3.05) is 96.5 Å². The highest BCUT2D eigenvalue weighted by atomic mass is 16.6. The Labute approximate surface area is 259 Å². The van der Waals surface area contributed by atoms with Gasteiger partial charge >= 0.3 is 0 Å². The van der Waals surface area contributed by atoms with Crippen molar-refractivity contribution in [1.29, 1.82) is 0 Å². The molecule has 3 aromatic heterocycles. The number of nitrogens with zero attached hydrogens (tertiary/aromatic N) is 6. The zero-order valence-corrected chi connectivity index (χ0v) is 26.2. The lowest BCUT2D eigenvalue weighted by Gasteiger charge is -2.31. The molecular weight excluding hydrogens is 570 g/mol. The molecule has 1 fully saturated rings. The fourth-order valence-electron chi connectivity index (χ4n) is 4.90. The van der Waals surface area contributed by atoms with E-state index in [0.29, 0.717) is 89.8 Å². The molecule has 44 heavy (non-hydrogen) atoms. The molecule has 14 heteroatoms. The molecule has 3 aromatic rings. The number of hydrogen-bond acceptors (Lipinski definition) is 13. The molecule has 0 saturated carbocycles. The first kappa shape index (κ1) is 33.9. The first-order chi connectivity index (χ1) is 21.6. The molecular formula is C30H47N7O7. The highest BCUT2D eigenvalue weighted by molar-refractivity contribution is 5.79. The van der Waals surface area contributed by atoms with Crippen LogP contribution in [-0.4, -0.2) is 122 Å². The van der Waals surface area contributed by atoms with Crippen LogP contribution in [0.15, 0.2) is 24.5 Å².